The van der Waals surface area contributed by atoms with Crippen LogP contribution in [0.25, 0.3) is 5.69 Å². The van der Waals surface area contributed by atoms with Crippen molar-refractivity contribution in [2.75, 3.05) is 0 Å². The van der Waals surface area contributed by atoms with Gasteiger partial charge in [-0.15, -0.1) is 0 Å². The highest BCUT2D eigenvalue weighted by atomic mass is 16.3. The van der Waals surface area contributed by atoms with Gasteiger partial charge < -0.3 is 5.11 Å². The lowest BCUT2D eigenvalue weighted by Gasteiger charge is -2.36. The van der Waals surface area contributed by atoms with E-state index in [4.69, 9.17) is 0 Å². The van der Waals surface area contributed by atoms with Gasteiger partial charge in [-0.25, -0.2) is 4.68 Å². The lowest BCUT2D eigenvalue weighted by Crippen LogP contribution is -2.34. The standard InChI is InChI=1S/C17H22N2O/c1-2-14-7-6-11-17(20,13-14)16-10-12-18-19(16)15-8-4-3-5-9-15/h3-5,8-10,12,14,20H,2,6-7,11,13H2,1H3. The number of hydrogen-bond acceptors (Lipinski definition) is 2. The average Bonchev–Trinajstić information content (AvgIpc) is 2.98. The minimum absolute atomic E-state index is 0.618. The van der Waals surface area contributed by atoms with Crippen molar-refractivity contribution in [3.63, 3.8) is 0 Å². The van der Waals surface area contributed by atoms with Crippen LogP contribution >= 0.6 is 0 Å². The summed E-state index contributed by atoms with van der Waals surface area (Å²) in [6.07, 6.45) is 6.94. The molecule has 1 aromatic heterocycles. The molecule has 0 spiro atoms. The van der Waals surface area contributed by atoms with Crippen LogP contribution in [0.15, 0.2) is 42.6 Å². The fraction of sp³-hybridized carbons (Fsp3) is 0.471. The summed E-state index contributed by atoms with van der Waals surface area (Å²) in [5, 5.41) is 15.5. The molecule has 1 N–H and O–H groups in total. The van der Waals surface area contributed by atoms with Crippen molar-refractivity contribution < 1.29 is 5.11 Å². The third kappa shape index (κ3) is 2.38. The van der Waals surface area contributed by atoms with Gasteiger partial charge in [0.15, 0.2) is 0 Å². The van der Waals surface area contributed by atoms with Gasteiger partial charge in [-0.05, 0) is 43.4 Å². The summed E-state index contributed by atoms with van der Waals surface area (Å²) in [5.74, 6) is 0.618. The molecule has 20 heavy (non-hydrogen) atoms. The van der Waals surface area contributed by atoms with E-state index in [2.05, 4.69) is 12.0 Å². The lowest BCUT2D eigenvalue weighted by molar-refractivity contribution is -0.0272. The zero-order valence-corrected chi connectivity index (χ0v) is 12.0. The van der Waals surface area contributed by atoms with Crippen LogP contribution in [0, 0.1) is 5.92 Å². The van der Waals surface area contributed by atoms with Crippen LogP contribution in [0.4, 0.5) is 0 Å². The summed E-state index contributed by atoms with van der Waals surface area (Å²) < 4.78 is 1.89. The molecule has 3 rings (SSSR count). The van der Waals surface area contributed by atoms with E-state index < -0.39 is 5.60 Å². The van der Waals surface area contributed by atoms with Gasteiger partial charge in [-0.1, -0.05) is 38.0 Å². The molecule has 1 heterocycles. The van der Waals surface area contributed by atoms with Crippen LogP contribution in [0.2, 0.25) is 0 Å². The number of benzene rings is 1. The van der Waals surface area contributed by atoms with Gasteiger partial charge in [0.1, 0.15) is 5.60 Å². The van der Waals surface area contributed by atoms with Gasteiger partial charge in [-0.3, -0.25) is 0 Å². The maximum Gasteiger partial charge on any atom is 0.107 e. The van der Waals surface area contributed by atoms with Crippen LogP contribution in [0.3, 0.4) is 0 Å². The maximum atomic E-state index is 11.1. The molecule has 3 heteroatoms. The van der Waals surface area contributed by atoms with Crippen molar-refractivity contribution in [1.82, 2.24) is 9.78 Å². The first-order valence-corrected chi connectivity index (χ1v) is 7.55. The minimum Gasteiger partial charge on any atom is -0.384 e. The zero-order valence-electron chi connectivity index (χ0n) is 12.0. The molecule has 1 aliphatic rings. The van der Waals surface area contributed by atoms with Gasteiger partial charge in [-0.2, -0.15) is 5.10 Å². The normalized spacial score (nSPS) is 26.6. The van der Waals surface area contributed by atoms with E-state index in [1.807, 2.05) is 41.1 Å². The summed E-state index contributed by atoms with van der Waals surface area (Å²) >= 11 is 0. The topological polar surface area (TPSA) is 38.1 Å². The monoisotopic (exact) mass is 270 g/mol. The van der Waals surface area contributed by atoms with Gasteiger partial charge in [0.05, 0.1) is 11.4 Å². The summed E-state index contributed by atoms with van der Waals surface area (Å²) in [6, 6.07) is 12.0. The van der Waals surface area contributed by atoms with Gasteiger partial charge in [0.25, 0.3) is 0 Å². The Kier molecular flexibility index (Phi) is 3.62. The Balaban J connectivity index is 1.97. The predicted octanol–water partition coefficient (Wildman–Crippen LogP) is 3.66. The van der Waals surface area contributed by atoms with Crippen LogP contribution in [0.1, 0.15) is 44.7 Å². The Morgan fingerprint density at radius 3 is 2.85 bits per heavy atom. The molecule has 3 nitrogen and oxygen atoms in total. The van der Waals surface area contributed by atoms with Crippen LogP contribution in [-0.4, -0.2) is 14.9 Å². The fourth-order valence-electron chi connectivity index (χ4n) is 3.38. The Labute approximate surface area is 120 Å². The number of nitrogens with zero attached hydrogens (tertiary/aromatic N) is 2. The molecular weight excluding hydrogens is 248 g/mol. The lowest BCUT2D eigenvalue weighted by atomic mass is 9.75. The molecule has 106 valence electrons. The molecule has 0 saturated heterocycles. The zero-order chi connectivity index (χ0) is 14.0. The van der Waals surface area contributed by atoms with E-state index in [0.717, 1.165) is 37.1 Å². The largest absolute Gasteiger partial charge is 0.384 e. The molecule has 1 fully saturated rings. The highest BCUT2D eigenvalue weighted by molar-refractivity contribution is 5.34. The Morgan fingerprint density at radius 1 is 1.30 bits per heavy atom. The van der Waals surface area contributed by atoms with Crippen LogP contribution in [-0.2, 0) is 5.60 Å². The molecule has 0 amide bonds. The van der Waals surface area contributed by atoms with Crippen LogP contribution < -0.4 is 0 Å². The third-order valence-electron chi connectivity index (χ3n) is 4.53. The van der Waals surface area contributed by atoms with E-state index in [-0.39, 0.29) is 0 Å². The highest BCUT2D eigenvalue weighted by Gasteiger charge is 2.37. The SMILES string of the molecule is CCC1CCCC(O)(c2ccnn2-c2ccccc2)C1. The maximum absolute atomic E-state index is 11.1. The number of aliphatic hydroxyl groups is 1. The fourth-order valence-corrected chi connectivity index (χ4v) is 3.38. The van der Waals surface area contributed by atoms with E-state index in [1.165, 1.54) is 6.42 Å². The summed E-state index contributed by atoms with van der Waals surface area (Å²) in [6.45, 7) is 2.21. The van der Waals surface area contributed by atoms with Crippen molar-refractivity contribution in [2.45, 2.75) is 44.6 Å². The minimum atomic E-state index is -0.731. The van der Waals surface area contributed by atoms with Crippen molar-refractivity contribution in [3.05, 3.63) is 48.3 Å². The van der Waals surface area contributed by atoms with E-state index in [1.54, 1.807) is 6.20 Å². The molecule has 0 bridgehead atoms. The number of hydrogen-bond donors (Lipinski definition) is 1. The van der Waals surface area contributed by atoms with Crippen molar-refractivity contribution in [2.24, 2.45) is 5.92 Å². The molecule has 2 atom stereocenters. The molecule has 1 aromatic carbocycles. The average molecular weight is 270 g/mol. The van der Waals surface area contributed by atoms with Gasteiger partial charge in [0.2, 0.25) is 0 Å². The Bertz CT molecular complexity index is 563. The third-order valence-corrected chi connectivity index (χ3v) is 4.53. The number of rotatable bonds is 3. The summed E-state index contributed by atoms with van der Waals surface area (Å²) in [4.78, 5) is 0. The molecule has 1 saturated carbocycles. The number of aromatic nitrogens is 2. The second-order valence-corrected chi connectivity index (χ2v) is 5.87. The first-order valence-electron chi connectivity index (χ1n) is 7.55. The van der Waals surface area contributed by atoms with Crippen molar-refractivity contribution in [3.8, 4) is 5.69 Å². The summed E-state index contributed by atoms with van der Waals surface area (Å²) in [7, 11) is 0. The second kappa shape index (κ2) is 5.41. The molecule has 0 radical (unpaired) electrons. The second-order valence-electron chi connectivity index (χ2n) is 5.87. The van der Waals surface area contributed by atoms with Gasteiger partial charge in [0, 0.05) is 6.20 Å². The molecule has 2 aromatic rings. The van der Waals surface area contributed by atoms with Gasteiger partial charge >= 0.3 is 0 Å². The Morgan fingerprint density at radius 2 is 2.10 bits per heavy atom. The van der Waals surface area contributed by atoms with Crippen LogP contribution in [0.5, 0.6) is 0 Å². The smallest absolute Gasteiger partial charge is 0.107 e. The van der Waals surface area contributed by atoms with Crippen molar-refractivity contribution in [1.29, 1.82) is 0 Å². The van der Waals surface area contributed by atoms with E-state index in [9.17, 15) is 5.11 Å². The number of para-hydroxylation sites is 1. The summed E-state index contributed by atoms with van der Waals surface area (Å²) in [5.41, 5.74) is 1.21. The van der Waals surface area contributed by atoms with E-state index >= 15 is 0 Å². The first kappa shape index (κ1) is 13.4. The van der Waals surface area contributed by atoms with E-state index in [0.29, 0.717) is 5.92 Å². The molecular formula is C17H22N2O. The molecule has 2 unspecified atom stereocenters. The van der Waals surface area contributed by atoms with Crippen molar-refractivity contribution >= 4 is 0 Å². The molecule has 1 aliphatic carbocycles. The quantitative estimate of drug-likeness (QED) is 0.924. The highest BCUT2D eigenvalue weighted by Crippen LogP contribution is 2.41. The first-order chi connectivity index (χ1) is 9.73. The predicted molar refractivity (Wildman–Crippen MR) is 79.7 cm³/mol. The Hall–Kier alpha value is -1.61. The molecule has 0 aliphatic heterocycles.